The predicted octanol–water partition coefficient (Wildman–Crippen LogP) is 3.67. The molecule has 0 aliphatic carbocycles. The molecule has 4 nitrogen and oxygen atoms in total. The molecule has 1 aromatic heterocycles. The molecule has 0 unspecified atom stereocenters. The van der Waals surface area contributed by atoms with Crippen LogP contribution in [0.5, 0.6) is 0 Å². The largest absolute Gasteiger partial charge is 0.446 e. The Bertz CT molecular complexity index is 716. The molecule has 8 heteroatoms. The van der Waals surface area contributed by atoms with Crippen molar-refractivity contribution in [3.63, 3.8) is 0 Å². The lowest BCUT2D eigenvalue weighted by Gasteiger charge is -2.13. The number of rotatable bonds is 4. The highest BCUT2D eigenvalue weighted by Gasteiger charge is 2.35. The number of aromatic nitrogens is 1. The molecule has 0 saturated heterocycles. The molecule has 0 atom stereocenters. The molecule has 1 aromatic carbocycles. The zero-order valence-electron chi connectivity index (χ0n) is 11.5. The number of halogens is 4. The minimum Gasteiger partial charge on any atom is -0.446 e. The van der Waals surface area contributed by atoms with Gasteiger partial charge in [-0.25, -0.2) is 9.37 Å². The van der Waals surface area contributed by atoms with Gasteiger partial charge in [0.05, 0.1) is 23.0 Å². The van der Waals surface area contributed by atoms with Crippen molar-refractivity contribution in [2.45, 2.75) is 19.5 Å². The van der Waals surface area contributed by atoms with Gasteiger partial charge in [-0.05, 0) is 12.1 Å². The van der Waals surface area contributed by atoms with Gasteiger partial charge in [0.2, 0.25) is 0 Å². The van der Waals surface area contributed by atoms with Crippen molar-refractivity contribution < 1.29 is 22.0 Å². The fourth-order valence-corrected chi connectivity index (χ4v) is 1.87. The van der Waals surface area contributed by atoms with Crippen molar-refractivity contribution in [2.75, 3.05) is 11.9 Å². The topological polar surface area (TPSA) is 61.9 Å². The summed E-state index contributed by atoms with van der Waals surface area (Å²) in [7, 11) is 0. The third-order valence-electron chi connectivity index (χ3n) is 2.89. The van der Waals surface area contributed by atoms with Crippen molar-refractivity contribution in [2.24, 2.45) is 0 Å². The molecule has 0 amide bonds. The van der Waals surface area contributed by atoms with Gasteiger partial charge < -0.3 is 9.73 Å². The summed E-state index contributed by atoms with van der Waals surface area (Å²) in [6.45, 7) is 1.88. The Balaban J connectivity index is 2.17. The van der Waals surface area contributed by atoms with E-state index in [9.17, 15) is 17.6 Å². The highest BCUT2D eigenvalue weighted by atomic mass is 19.4. The second kappa shape index (κ2) is 6.05. The molecule has 0 aliphatic rings. The summed E-state index contributed by atoms with van der Waals surface area (Å²) >= 11 is 0. The maximum absolute atomic E-state index is 13.4. The first kappa shape index (κ1) is 15.8. The van der Waals surface area contributed by atoms with Crippen molar-refractivity contribution in [3.8, 4) is 6.07 Å². The van der Waals surface area contributed by atoms with Crippen LogP contribution in [0, 0.1) is 24.1 Å². The fourth-order valence-electron chi connectivity index (χ4n) is 1.87. The highest BCUT2D eigenvalue weighted by Crippen LogP contribution is 2.34. The van der Waals surface area contributed by atoms with Gasteiger partial charge in [-0.1, -0.05) is 0 Å². The number of hydrogen-bond donors (Lipinski definition) is 1. The summed E-state index contributed by atoms with van der Waals surface area (Å²) in [5.41, 5.74) is -1.68. The van der Waals surface area contributed by atoms with Crippen LogP contribution in [0.25, 0.3) is 0 Å². The first-order valence-electron chi connectivity index (χ1n) is 6.27. The summed E-state index contributed by atoms with van der Waals surface area (Å²) < 4.78 is 56.6. The van der Waals surface area contributed by atoms with Crippen LogP contribution in [-0.2, 0) is 12.6 Å². The Morgan fingerprint density at radius 2 is 2.09 bits per heavy atom. The smallest absolute Gasteiger partial charge is 0.419 e. The van der Waals surface area contributed by atoms with Crippen LogP contribution in [0.3, 0.4) is 0 Å². The van der Waals surface area contributed by atoms with E-state index in [1.54, 1.807) is 13.0 Å². The number of nitriles is 1. The third kappa shape index (κ3) is 3.55. The van der Waals surface area contributed by atoms with Gasteiger partial charge in [0.25, 0.3) is 0 Å². The minimum atomic E-state index is -4.82. The monoisotopic (exact) mass is 313 g/mol. The number of oxazole rings is 1. The second-order valence-electron chi connectivity index (χ2n) is 4.51. The minimum absolute atomic E-state index is 0.0764. The molecule has 1 heterocycles. The highest BCUT2D eigenvalue weighted by molar-refractivity contribution is 5.59. The molecule has 1 N–H and O–H groups in total. The second-order valence-corrected chi connectivity index (χ2v) is 4.51. The van der Waals surface area contributed by atoms with Gasteiger partial charge in [0, 0.05) is 19.9 Å². The lowest BCUT2D eigenvalue weighted by molar-refractivity contribution is -0.139. The first-order valence-corrected chi connectivity index (χ1v) is 6.27. The summed E-state index contributed by atoms with van der Waals surface area (Å²) in [6.07, 6.45) is -2.95. The number of nitrogens with one attached hydrogen (secondary N) is 1. The Hall–Kier alpha value is -2.56. The molecule has 0 bridgehead atoms. The van der Waals surface area contributed by atoms with Crippen molar-refractivity contribution in [1.29, 1.82) is 5.26 Å². The molecule has 0 spiro atoms. The van der Waals surface area contributed by atoms with Gasteiger partial charge in [-0.15, -0.1) is 0 Å². The van der Waals surface area contributed by atoms with Crippen molar-refractivity contribution in [3.05, 3.63) is 46.9 Å². The van der Waals surface area contributed by atoms with E-state index in [1.165, 1.54) is 6.20 Å². The van der Waals surface area contributed by atoms with Crippen LogP contribution in [-0.4, -0.2) is 11.5 Å². The predicted molar refractivity (Wildman–Crippen MR) is 69.6 cm³/mol. The lowest BCUT2D eigenvalue weighted by Crippen LogP contribution is -2.12. The Morgan fingerprint density at radius 3 is 2.64 bits per heavy atom. The molecule has 0 aliphatic heterocycles. The van der Waals surface area contributed by atoms with E-state index in [0.717, 1.165) is 0 Å². The number of aryl methyl sites for hydroxylation is 1. The van der Waals surface area contributed by atoms with E-state index in [0.29, 0.717) is 30.2 Å². The molecule has 116 valence electrons. The van der Waals surface area contributed by atoms with Gasteiger partial charge >= 0.3 is 6.18 Å². The first-order chi connectivity index (χ1) is 10.3. The van der Waals surface area contributed by atoms with E-state index in [4.69, 9.17) is 9.68 Å². The molecule has 0 fully saturated rings. The maximum Gasteiger partial charge on any atom is 0.419 e. The van der Waals surface area contributed by atoms with E-state index >= 15 is 0 Å². The van der Waals surface area contributed by atoms with E-state index in [-0.39, 0.29) is 17.8 Å². The number of benzene rings is 1. The molecule has 2 rings (SSSR count). The standard InChI is InChI=1S/C14H11F4N3O/c1-8-21-7-10(22-8)2-3-20-13-5-11(14(16,17)18)12(15)4-9(13)6-19/h4-5,7,20H,2-3H2,1H3. The fraction of sp³-hybridized carbons (Fsp3) is 0.286. The molecular weight excluding hydrogens is 302 g/mol. The van der Waals surface area contributed by atoms with Crippen LogP contribution in [0.15, 0.2) is 22.7 Å². The average molecular weight is 313 g/mol. The van der Waals surface area contributed by atoms with Crippen LogP contribution >= 0.6 is 0 Å². The van der Waals surface area contributed by atoms with Crippen LogP contribution in [0.1, 0.15) is 22.8 Å². The zero-order valence-corrected chi connectivity index (χ0v) is 11.5. The van der Waals surface area contributed by atoms with E-state index < -0.39 is 17.6 Å². The van der Waals surface area contributed by atoms with E-state index in [2.05, 4.69) is 10.3 Å². The van der Waals surface area contributed by atoms with Gasteiger partial charge in [-0.2, -0.15) is 18.4 Å². The third-order valence-corrected chi connectivity index (χ3v) is 2.89. The van der Waals surface area contributed by atoms with Crippen LogP contribution < -0.4 is 5.32 Å². The Morgan fingerprint density at radius 1 is 1.36 bits per heavy atom. The lowest BCUT2D eigenvalue weighted by atomic mass is 10.1. The molecule has 0 saturated carbocycles. The number of alkyl halides is 3. The van der Waals surface area contributed by atoms with E-state index in [1.807, 2.05) is 0 Å². The molecule has 22 heavy (non-hydrogen) atoms. The molecular formula is C14H11F4N3O. The Labute approximate surface area is 123 Å². The zero-order chi connectivity index (χ0) is 16.3. The maximum atomic E-state index is 13.4. The number of nitrogens with zero attached hydrogens (tertiary/aromatic N) is 2. The summed E-state index contributed by atoms with van der Waals surface area (Å²) in [5.74, 6) is -0.434. The molecule has 0 radical (unpaired) electrons. The Kier molecular flexibility index (Phi) is 4.35. The number of hydrogen-bond acceptors (Lipinski definition) is 4. The quantitative estimate of drug-likeness (QED) is 0.875. The van der Waals surface area contributed by atoms with Gasteiger partial charge in [0.15, 0.2) is 5.89 Å². The summed E-state index contributed by atoms with van der Waals surface area (Å²) in [5, 5.41) is 11.6. The van der Waals surface area contributed by atoms with Crippen LogP contribution in [0.4, 0.5) is 23.2 Å². The van der Waals surface area contributed by atoms with Crippen LogP contribution in [0.2, 0.25) is 0 Å². The summed E-state index contributed by atoms with van der Waals surface area (Å²) in [4.78, 5) is 3.89. The van der Waals surface area contributed by atoms with Crippen molar-refractivity contribution >= 4 is 5.69 Å². The van der Waals surface area contributed by atoms with Gasteiger partial charge in [-0.3, -0.25) is 0 Å². The van der Waals surface area contributed by atoms with Gasteiger partial charge in [0.1, 0.15) is 17.6 Å². The van der Waals surface area contributed by atoms with Crippen molar-refractivity contribution in [1.82, 2.24) is 4.98 Å². The normalized spacial score (nSPS) is 11.3. The number of anilines is 1. The average Bonchev–Trinajstić information content (AvgIpc) is 2.84. The SMILES string of the molecule is Cc1ncc(CCNc2cc(C(F)(F)F)c(F)cc2C#N)o1. The summed E-state index contributed by atoms with van der Waals surface area (Å²) in [6, 6.07) is 2.83. The molecule has 2 aromatic rings.